The van der Waals surface area contributed by atoms with Crippen molar-refractivity contribution in [3.8, 4) is 6.07 Å². The number of aliphatic hydroxyl groups is 1. The predicted molar refractivity (Wildman–Crippen MR) is 99.9 cm³/mol. The van der Waals surface area contributed by atoms with Crippen LogP contribution in [0.3, 0.4) is 0 Å². The molecule has 1 unspecified atom stereocenters. The van der Waals surface area contributed by atoms with Gasteiger partial charge in [0.2, 0.25) is 0 Å². The minimum absolute atomic E-state index is 0.0181. The number of allylic oxidation sites excluding steroid dienone is 1. The van der Waals surface area contributed by atoms with Crippen molar-refractivity contribution in [2.45, 2.75) is 84.8 Å². The van der Waals surface area contributed by atoms with Gasteiger partial charge in [-0.15, -0.1) is 0 Å². The second-order valence-electron chi connectivity index (χ2n) is 9.32. The van der Waals surface area contributed by atoms with Crippen molar-refractivity contribution >= 4 is 5.97 Å². The summed E-state index contributed by atoms with van der Waals surface area (Å²) in [5.41, 5.74) is 1.42. The summed E-state index contributed by atoms with van der Waals surface area (Å²) < 4.78 is 5.49. The van der Waals surface area contributed by atoms with Crippen molar-refractivity contribution in [3.05, 3.63) is 11.6 Å². The average Bonchev–Trinajstić information content (AvgIpc) is 2.57. The van der Waals surface area contributed by atoms with Gasteiger partial charge in [0.25, 0.3) is 0 Å². The van der Waals surface area contributed by atoms with Crippen molar-refractivity contribution in [1.29, 1.82) is 5.26 Å². The molecule has 4 nitrogen and oxygen atoms in total. The molecular weight excluding hydrogens is 326 g/mol. The lowest BCUT2D eigenvalue weighted by Gasteiger charge is -2.59. The van der Waals surface area contributed by atoms with Gasteiger partial charge in [-0.1, -0.05) is 25.5 Å². The first kappa shape index (κ1) is 19.4. The lowest BCUT2D eigenvalue weighted by molar-refractivity contribution is -0.149. The summed E-state index contributed by atoms with van der Waals surface area (Å²) in [5, 5.41) is 19.9. The third-order valence-electron chi connectivity index (χ3n) is 8.09. The zero-order chi connectivity index (χ0) is 19.1. The van der Waals surface area contributed by atoms with Gasteiger partial charge in [-0.3, -0.25) is 4.79 Å². The van der Waals surface area contributed by atoms with E-state index in [4.69, 9.17) is 4.74 Å². The molecule has 0 aromatic carbocycles. The molecule has 0 amide bonds. The number of hydrogen-bond donors (Lipinski definition) is 1. The summed E-state index contributed by atoms with van der Waals surface area (Å²) in [5.74, 6) is 1.08. The zero-order valence-electron chi connectivity index (χ0n) is 16.6. The maximum atomic E-state index is 11.3. The van der Waals surface area contributed by atoms with E-state index in [1.807, 2.05) is 6.92 Å². The van der Waals surface area contributed by atoms with Crippen molar-refractivity contribution in [2.75, 3.05) is 0 Å². The molecule has 0 heterocycles. The molecule has 0 bridgehead atoms. The molecule has 7 atom stereocenters. The van der Waals surface area contributed by atoms with E-state index in [0.717, 1.165) is 38.5 Å². The number of esters is 1. The van der Waals surface area contributed by atoms with Gasteiger partial charge in [-0.05, 0) is 67.6 Å². The molecular formula is C22H33NO3. The first-order chi connectivity index (χ1) is 12.2. The third-order valence-corrected chi connectivity index (χ3v) is 8.09. The van der Waals surface area contributed by atoms with Gasteiger partial charge in [-0.2, -0.15) is 5.26 Å². The van der Waals surface area contributed by atoms with Crippen LogP contribution in [0.15, 0.2) is 11.6 Å². The zero-order valence-corrected chi connectivity index (χ0v) is 16.6. The summed E-state index contributed by atoms with van der Waals surface area (Å²) in [6, 6.07) is 2.40. The van der Waals surface area contributed by atoms with Crippen LogP contribution in [-0.2, 0) is 9.53 Å². The minimum atomic E-state index is -0.389. The Morgan fingerprint density at radius 2 is 2.15 bits per heavy atom. The summed E-state index contributed by atoms with van der Waals surface area (Å²) >= 11 is 0. The largest absolute Gasteiger partial charge is 0.462 e. The van der Waals surface area contributed by atoms with Gasteiger partial charge in [-0.25, -0.2) is 0 Å². The van der Waals surface area contributed by atoms with E-state index >= 15 is 0 Å². The minimum Gasteiger partial charge on any atom is -0.462 e. The van der Waals surface area contributed by atoms with Crippen molar-refractivity contribution in [2.24, 2.45) is 28.6 Å². The molecule has 0 aromatic heterocycles. The van der Waals surface area contributed by atoms with Gasteiger partial charge in [0.1, 0.15) is 6.10 Å². The Kier molecular flexibility index (Phi) is 5.23. The van der Waals surface area contributed by atoms with Crippen molar-refractivity contribution in [3.63, 3.8) is 0 Å². The molecule has 0 radical (unpaired) electrons. The lowest BCUT2D eigenvalue weighted by atomic mass is 9.46. The average molecular weight is 360 g/mol. The molecule has 3 rings (SSSR count). The molecule has 0 saturated heterocycles. The van der Waals surface area contributed by atoms with Crippen LogP contribution in [0.4, 0.5) is 0 Å². The predicted octanol–water partition coefficient (Wildman–Crippen LogP) is 4.38. The van der Waals surface area contributed by atoms with Gasteiger partial charge in [0.15, 0.2) is 0 Å². The van der Waals surface area contributed by atoms with Crippen molar-refractivity contribution < 1.29 is 14.6 Å². The maximum Gasteiger partial charge on any atom is 0.302 e. The number of carbonyl (C=O) groups excluding carboxylic acids is 1. The molecule has 2 saturated carbocycles. The van der Waals surface area contributed by atoms with E-state index in [1.54, 1.807) is 0 Å². The van der Waals surface area contributed by atoms with Gasteiger partial charge in [0.05, 0.1) is 12.2 Å². The summed E-state index contributed by atoms with van der Waals surface area (Å²) in [4.78, 5) is 11.3. The van der Waals surface area contributed by atoms with Gasteiger partial charge in [0, 0.05) is 19.8 Å². The van der Waals surface area contributed by atoms with E-state index in [0.29, 0.717) is 18.3 Å². The lowest BCUT2D eigenvalue weighted by Crippen LogP contribution is -2.53. The normalized spacial score (nSPS) is 43.3. The first-order valence-electron chi connectivity index (χ1n) is 10.1. The van der Waals surface area contributed by atoms with E-state index in [-0.39, 0.29) is 34.9 Å². The molecule has 0 spiro atoms. The molecule has 4 heteroatoms. The number of fused-ring (bicyclic) bond motifs is 3. The molecule has 0 aromatic rings. The fourth-order valence-corrected chi connectivity index (χ4v) is 6.31. The number of aliphatic hydroxyl groups excluding tert-OH is 1. The molecule has 3 aliphatic rings. The number of carbonyl (C=O) groups is 1. The smallest absolute Gasteiger partial charge is 0.302 e. The highest BCUT2D eigenvalue weighted by atomic mass is 16.5. The Labute approximate surface area is 157 Å². The van der Waals surface area contributed by atoms with Crippen LogP contribution in [0.5, 0.6) is 0 Å². The van der Waals surface area contributed by atoms with Crippen LogP contribution in [0.25, 0.3) is 0 Å². The second-order valence-corrected chi connectivity index (χ2v) is 9.32. The van der Waals surface area contributed by atoms with Crippen LogP contribution in [0.1, 0.15) is 72.6 Å². The SMILES string of the molecule is CC(=O)O[C@H]1CC[C@@]2(C)C(=CC[C@@H]3[C@@H]2CC[C@](C)(C(C)O)[C@H]3CC#N)C1. The van der Waals surface area contributed by atoms with E-state index < -0.39 is 0 Å². The highest BCUT2D eigenvalue weighted by Crippen LogP contribution is 2.62. The first-order valence-corrected chi connectivity index (χ1v) is 10.1. The molecule has 144 valence electrons. The quantitative estimate of drug-likeness (QED) is 0.599. The van der Waals surface area contributed by atoms with Crippen LogP contribution in [-0.4, -0.2) is 23.3 Å². The van der Waals surface area contributed by atoms with Crippen LogP contribution in [0, 0.1) is 39.9 Å². The monoisotopic (exact) mass is 359 g/mol. The Hall–Kier alpha value is -1.34. The standard InChI is InChI=1S/C22H33NO3/c1-14(24)21(3)11-8-19-18(20(21)9-12-23)6-5-16-13-17(26-15(2)25)7-10-22(16,19)4/h5,14,17-20,24H,6-11,13H2,1-4H3/t14?,17-,18+,19-,20-,21+,22-/m0/s1. The highest BCUT2D eigenvalue weighted by Gasteiger charge is 2.55. The summed E-state index contributed by atoms with van der Waals surface area (Å²) in [6.45, 7) is 7.94. The van der Waals surface area contributed by atoms with Crippen molar-refractivity contribution in [1.82, 2.24) is 0 Å². The Morgan fingerprint density at radius 3 is 2.77 bits per heavy atom. The van der Waals surface area contributed by atoms with Crippen LogP contribution >= 0.6 is 0 Å². The fraction of sp³-hybridized carbons (Fsp3) is 0.818. The molecule has 0 aliphatic heterocycles. The Morgan fingerprint density at radius 1 is 1.42 bits per heavy atom. The molecule has 3 aliphatic carbocycles. The number of rotatable bonds is 3. The van der Waals surface area contributed by atoms with Crippen LogP contribution in [0.2, 0.25) is 0 Å². The number of ether oxygens (including phenoxy) is 1. The Balaban J connectivity index is 1.88. The van der Waals surface area contributed by atoms with E-state index in [9.17, 15) is 15.2 Å². The van der Waals surface area contributed by atoms with Gasteiger partial charge < -0.3 is 9.84 Å². The molecule has 2 fully saturated rings. The van der Waals surface area contributed by atoms with E-state index in [1.165, 1.54) is 12.5 Å². The number of hydrogen-bond acceptors (Lipinski definition) is 4. The Bertz CT molecular complexity index is 634. The molecule has 1 N–H and O–H groups in total. The van der Waals surface area contributed by atoms with E-state index in [2.05, 4.69) is 26.0 Å². The summed E-state index contributed by atoms with van der Waals surface area (Å²) in [6.07, 6.45) is 8.42. The molecule has 26 heavy (non-hydrogen) atoms. The fourth-order valence-electron chi connectivity index (χ4n) is 6.31. The number of nitriles is 1. The third kappa shape index (κ3) is 3.09. The van der Waals surface area contributed by atoms with Gasteiger partial charge >= 0.3 is 5.97 Å². The maximum absolute atomic E-state index is 11.3. The second kappa shape index (κ2) is 7.00. The highest BCUT2D eigenvalue weighted by molar-refractivity contribution is 5.66. The summed E-state index contributed by atoms with van der Waals surface area (Å²) in [7, 11) is 0. The topological polar surface area (TPSA) is 70.3 Å². The number of nitrogens with zero attached hydrogens (tertiary/aromatic N) is 1. The van der Waals surface area contributed by atoms with Crippen LogP contribution < -0.4 is 0 Å².